The maximum atomic E-state index is 11.4. The molecule has 1 atom stereocenters. The Balaban J connectivity index is 3.98. The Morgan fingerprint density at radius 2 is 1.67 bits per heavy atom. The van der Waals surface area contributed by atoms with E-state index >= 15 is 0 Å². The van der Waals surface area contributed by atoms with E-state index in [1.54, 1.807) is 0 Å². The molecule has 1 unspecified atom stereocenters. The molecular weight excluding hydrogens is 276 g/mol. The van der Waals surface area contributed by atoms with Crippen LogP contribution in [0.5, 0.6) is 0 Å². The summed E-state index contributed by atoms with van der Waals surface area (Å²) in [5.41, 5.74) is 0. The number of methoxy groups -OCH3 is 1. The van der Waals surface area contributed by atoms with Gasteiger partial charge in [0.15, 0.2) is 6.61 Å². The molecule has 0 amide bonds. The van der Waals surface area contributed by atoms with E-state index in [9.17, 15) is 14.4 Å². The zero-order valence-corrected chi connectivity index (χ0v) is 12.9. The first-order chi connectivity index (χ1) is 10.0. The number of rotatable bonds is 10. The number of carbonyl (C=O) groups excluding carboxylic acids is 3. The fraction of sp³-hybridized carbons (Fsp3) is 0.667. The van der Waals surface area contributed by atoms with Gasteiger partial charge in [0.2, 0.25) is 0 Å². The number of carbonyl (C=O) groups is 3. The van der Waals surface area contributed by atoms with E-state index in [-0.39, 0.29) is 0 Å². The lowest BCUT2D eigenvalue weighted by Gasteiger charge is -2.13. The van der Waals surface area contributed by atoms with Crippen LogP contribution < -0.4 is 0 Å². The van der Waals surface area contributed by atoms with Crippen molar-refractivity contribution in [3.8, 4) is 0 Å². The second kappa shape index (κ2) is 11.9. The summed E-state index contributed by atoms with van der Waals surface area (Å²) in [7, 11) is 1.19. The van der Waals surface area contributed by atoms with Crippen molar-refractivity contribution in [1.82, 2.24) is 0 Å². The molecule has 0 aromatic rings. The minimum atomic E-state index is -0.796. The third-order valence-electron chi connectivity index (χ3n) is 2.92. The predicted octanol–water partition coefficient (Wildman–Crippen LogP) is 2.02. The van der Waals surface area contributed by atoms with Crippen molar-refractivity contribution in [1.29, 1.82) is 0 Å². The summed E-state index contributed by atoms with van der Waals surface area (Å²) in [5.74, 6) is -1.72. The van der Waals surface area contributed by atoms with Gasteiger partial charge in [-0.3, -0.25) is 0 Å². The summed E-state index contributed by atoms with van der Waals surface area (Å²) in [6.07, 6.45) is 6.09. The molecule has 0 aliphatic heterocycles. The van der Waals surface area contributed by atoms with Crippen LogP contribution in [0.4, 0.5) is 0 Å². The molecule has 0 saturated carbocycles. The molecular formula is C15H24O6. The van der Waals surface area contributed by atoms with Crippen LogP contribution in [0.1, 0.15) is 39.5 Å². The Morgan fingerprint density at radius 3 is 2.19 bits per heavy atom. The van der Waals surface area contributed by atoms with Gasteiger partial charge in [-0.1, -0.05) is 33.1 Å². The SMILES string of the molecule is CCCCC(CC)COC(=O)/C=C/C(=O)OCC(=O)OC. The zero-order chi connectivity index (χ0) is 16.1. The highest BCUT2D eigenvalue weighted by atomic mass is 16.6. The normalized spacial score (nSPS) is 12.0. The Kier molecular flexibility index (Phi) is 10.9. The van der Waals surface area contributed by atoms with Gasteiger partial charge in [-0.15, -0.1) is 0 Å². The molecule has 0 aromatic carbocycles. The smallest absolute Gasteiger partial charge is 0.344 e. The van der Waals surface area contributed by atoms with Crippen molar-refractivity contribution in [3.63, 3.8) is 0 Å². The average Bonchev–Trinajstić information content (AvgIpc) is 2.50. The maximum Gasteiger partial charge on any atom is 0.344 e. The summed E-state index contributed by atoms with van der Waals surface area (Å²) in [6.45, 7) is 4.02. The Labute approximate surface area is 125 Å². The van der Waals surface area contributed by atoms with Crippen molar-refractivity contribution in [2.24, 2.45) is 5.92 Å². The summed E-state index contributed by atoms with van der Waals surface area (Å²) in [5, 5.41) is 0. The summed E-state index contributed by atoms with van der Waals surface area (Å²) < 4.78 is 13.9. The van der Waals surface area contributed by atoms with Gasteiger partial charge in [-0.25, -0.2) is 14.4 Å². The van der Waals surface area contributed by atoms with Crippen molar-refractivity contribution < 1.29 is 28.6 Å². The fourth-order valence-electron chi connectivity index (χ4n) is 1.52. The van der Waals surface area contributed by atoms with Crippen molar-refractivity contribution in [2.75, 3.05) is 20.3 Å². The van der Waals surface area contributed by atoms with Gasteiger partial charge in [0.1, 0.15) is 0 Å². The molecule has 0 radical (unpaired) electrons. The van der Waals surface area contributed by atoms with Crippen LogP contribution in [0.3, 0.4) is 0 Å². The van der Waals surface area contributed by atoms with E-state index < -0.39 is 24.5 Å². The molecule has 0 aliphatic carbocycles. The minimum absolute atomic E-state index is 0.341. The Morgan fingerprint density at radius 1 is 1.05 bits per heavy atom. The van der Waals surface area contributed by atoms with Gasteiger partial charge in [0.25, 0.3) is 0 Å². The Bertz CT molecular complexity index is 361. The molecule has 6 nitrogen and oxygen atoms in total. The zero-order valence-electron chi connectivity index (χ0n) is 12.9. The highest BCUT2D eigenvalue weighted by Gasteiger charge is 2.09. The van der Waals surface area contributed by atoms with Crippen LogP contribution in [0.15, 0.2) is 12.2 Å². The molecule has 0 N–H and O–H groups in total. The molecule has 0 aromatic heterocycles. The third-order valence-corrected chi connectivity index (χ3v) is 2.92. The number of esters is 3. The average molecular weight is 300 g/mol. The quantitative estimate of drug-likeness (QED) is 0.349. The Hall–Kier alpha value is -1.85. The number of hydrogen-bond donors (Lipinski definition) is 0. The van der Waals surface area contributed by atoms with Crippen molar-refractivity contribution in [3.05, 3.63) is 12.2 Å². The summed E-state index contributed by atoms with van der Waals surface area (Å²) >= 11 is 0. The highest BCUT2D eigenvalue weighted by Crippen LogP contribution is 2.12. The van der Waals surface area contributed by atoms with E-state index in [0.29, 0.717) is 12.5 Å². The number of unbranched alkanes of at least 4 members (excludes halogenated alkanes) is 1. The van der Waals surface area contributed by atoms with E-state index in [4.69, 9.17) is 4.74 Å². The van der Waals surface area contributed by atoms with Crippen molar-refractivity contribution in [2.45, 2.75) is 39.5 Å². The van der Waals surface area contributed by atoms with Gasteiger partial charge in [-0.05, 0) is 12.3 Å². The van der Waals surface area contributed by atoms with Crippen LogP contribution in [0.25, 0.3) is 0 Å². The van der Waals surface area contributed by atoms with Crippen LogP contribution in [-0.2, 0) is 28.6 Å². The second-order valence-electron chi connectivity index (χ2n) is 4.56. The molecule has 0 aliphatic rings. The van der Waals surface area contributed by atoms with Crippen molar-refractivity contribution >= 4 is 17.9 Å². The minimum Gasteiger partial charge on any atom is -0.466 e. The van der Waals surface area contributed by atoms with Gasteiger partial charge < -0.3 is 14.2 Å². The molecule has 0 rings (SSSR count). The van der Waals surface area contributed by atoms with Gasteiger partial charge >= 0.3 is 17.9 Å². The van der Waals surface area contributed by atoms with Crippen LogP contribution >= 0.6 is 0 Å². The first-order valence-corrected chi connectivity index (χ1v) is 7.11. The van der Waals surface area contributed by atoms with Crippen LogP contribution in [0, 0.1) is 5.92 Å². The van der Waals surface area contributed by atoms with Crippen LogP contribution in [0.2, 0.25) is 0 Å². The molecule has 6 heteroatoms. The fourth-order valence-corrected chi connectivity index (χ4v) is 1.52. The number of hydrogen-bond acceptors (Lipinski definition) is 6. The highest BCUT2D eigenvalue weighted by molar-refractivity contribution is 5.92. The first-order valence-electron chi connectivity index (χ1n) is 7.11. The van der Waals surface area contributed by atoms with Crippen LogP contribution in [-0.4, -0.2) is 38.2 Å². The lowest BCUT2D eigenvalue weighted by molar-refractivity contribution is -0.154. The predicted molar refractivity (Wildman–Crippen MR) is 76.4 cm³/mol. The van der Waals surface area contributed by atoms with E-state index in [1.807, 2.05) is 6.92 Å². The molecule has 120 valence electrons. The molecule has 0 spiro atoms. The standard InChI is InChI=1S/C15H24O6/c1-4-6-7-12(5-2)10-20-13(16)8-9-14(17)21-11-15(18)19-3/h8-9,12H,4-7,10-11H2,1-3H3/b9-8+. The lowest BCUT2D eigenvalue weighted by atomic mass is 10.0. The largest absolute Gasteiger partial charge is 0.466 e. The molecule has 21 heavy (non-hydrogen) atoms. The summed E-state index contributed by atoms with van der Waals surface area (Å²) in [4.78, 5) is 33.3. The van der Waals surface area contributed by atoms with E-state index in [0.717, 1.165) is 37.8 Å². The molecule has 0 saturated heterocycles. The molecule has 0 bridgehead atoms. The maximum absolute atomic E-state index is 11.4. The monoisotopic (exact) mass is 300 g/mol. The third kappa shape index (κ3) is 10.6. The number of ether oxygens (including phenoxy) is 3. The lowest BCUT2D eigenvalue weighted by Crippen LogP contribution is -2.14. The topological polar surface area (TPSA) is 78.9 Å². The summed E-state index contributed by atoms with van der Waals surface area (Å²) in [6, 6.07) is 0. The molecule has 0 fully saturated rings. The van der Waals surface area contributed by atoms with Gasteiger partial charge in [0.05, 0.1) is 13.7 Å². The van der Waals surface area contributed by atoms with Gasteiger partial charge in [0, 0.05) is 12.2 Å². The second-order valence-corrected chi connectivity index (χ2v) is 4.56. The molecule has 0 heterocycles. The van der Waals surface area contributed by atoms with E-state index in [2.05, 4.69) is 16.4 Å². The first kappa shape index (κ1) is 19.1. The van der Waals surface area contributed by atoms with Gasteiger partial charge in [-0.2, -0.15) is 0 Å². The van der Waals surface area contributed by atoms with E-state index in [1.165, 1.54) is 7.11 Å².